The Morgan fingerprint density at radius 2 is 1.82 bits per heavy atom. The quantitative estimate of drug-likeness (QED) is 0.221. The van der Waals surface area contributed by atoms with Crippen LogP contribution in [0.5, 0.6) is 11.5 Å². The first-order valence-electron chi connectivity index (χ1n) is 14.1. The van der Waals surface area contributed by atoms with Gasteiger partial charge in [0.1, 0.15) is 29.6 Å². The van der Waals surface area contributed by atoms with Gasteiger partial charge in [0.05, 0.1) is 49.4 Å². The third kappa shape index (κ3) is 5.80. The third-order valence-corrected chi connectivity index (χ3v) is 8.71. The molecule has 0 fully saturated rings. The molecule has 5 aromatic rings. The molecule has 1 atom stereocenters. The number of aryl methyl sites for hydroxylation is 1. The molecule has 9 nitrogen and oxygen atoms in total. The van der Waals surface area contributed by atoms with Gasteiger partial charge in [0.2, 0.25) is 11.8 Å². The molecule has 0 bridgehead atoms. The summed E-state index contributed by atoms with van der Waals surface area (Å²) in [6.07, 6.45) is 1.56. The second-order valence-corrected chi connectivity index (χ2v) is 11.4. The maximum atomic E-state index is 14.0. The van der Waals surface area contributed by atoms with E-state index in [1.165, 1.54) is 11.8 Å². The maximum Gasteiger partial charge on any atom is 0.240 e. The Morgan fingerprint density at radius 3 is 2.52 bits per heavy atom. The van der Waals surface area contributed by atoms with Crippen LogP contribution in [0.1, 0.15) is 27.7 Å². The van der Waals surface area contributed by atoms with E-state index in [1.54, 1.807) is 42.2 Å². The van der Waals surface area contributed by atoms with Crippen LogP contribution in [0.2, 0.25) is 0 Å². The molecule has 0 radical (unpaired) electrons. The van der Waals surface area contributed by atoms with E-state index in [1.807, 2.05) is 79.7 Å². The Balaban J connectivity index is 1.57. The summed E-state index contributed by atoms with van der Waals surface area (Å²) in [6, 6.07) is 27.0. The lowest BCUT2D eigenvalue weighted by Crippen LogP contribution is -2.42. The summed E-state index contributed by atoms with van der Waals surface area (Å²) in [4.78, 5) is 28.9. The van der Waals surface area contributed by atoms with Crippen molar-refractivity contribution in [1.29, 1.82) is 0 Å². The lowest BCUT2D eigenvalue weighted by atomic mass is 9.98. The number of hydrogen-bond donors (Lipinski definition) is 1. The number of hydrogen-bond acceptors (Lipinski definition) is 7. The number of rotatable bonds is 9. The van der Waals surface area contributed by atoms with Gasteiger partial charge in [-0.05, 0) is 49.4 Å². The van der Waals surface area contributed by atoms with Crippen molar-refractivity contribution in [2.45, 2.75) is 18.7 Å². The van der Waals surface area contributed by atoms with Crippen LogP contribution in [0, 0.1) is 6.92 Å². The Morgan fingerprint density at radius 1 is 1.02 bits per heavy atom. The van der Waals surface area contributed by atoms with Crippen LogP contribution in [-0.2, 0) is 16.1 Å². The predicted molar refractivity (Wildman–Crippen MR) is 170 cm³/mol. The molecule has 10 heteroatoms. The highest BCUT2D eigenvalue weighted by molar-refractivity contribution is 8.00. The van der Waals surface area contributed by atoms with Gasteiger partial charge in [-0.3, -0.25) is 14.5 Å². The number of anilines is 1. The highest BCUT2D eigenvalue weighted by Gasteiger charge is 2.38. The van der Waals surface area contributed by atoms with Gasteiger partial charge in [0, 0.05) is 16.7 Å². The van der Waals surface area contributed by atoms with Crippen molar-refractivity contribution in [2.75, 3.05) is 31.4 Å². The molecule has 0 unspecified atom stereocenters. The molecule has 0 saturated heterocycles. The van der Waals surface area contributed by atoms with E-state index in [0.29, 0.717) is 28.8 Å². The highest BCUT2D eigenvalue weighted by atomic mass is 32.2. The summed E-state index contributed by atoms with van der Waals surface area (Å²) in [5.41, 5.74) is 5.10. The van der Waals surface area contributed by atoms with Crippen molar-refractivity contribution in [2.24, 2.45) is 0 Å². The van der Waals surface area contributed by atoms with E-state index in [0.717, 1.165) is 27.9 Å². The molecular weight excluding hydrogens is 576 g/mol. The van der Waals surface area contributed by atoms with Gasteiger partial charge in [-0.25, -0.2) is 4.68 Å². The van der Waals surface area contributed by atoms with Crippen molar-refractivity contribution in [3.05, 3.63) is 114 Å². The van der Waals surface area contributed by atoms with E-state index in [-0.39, 0.29) is 35.9 Å². The van der Waals surface area contributed by atoms with Gasteiger partial charge in [0.25, 0.3) is 0 Å². The average Bonchev–Trinajstić information content (AvgIpc) is 3.69. The number of ether oxygens (including phenoxy) is 2. The SMILES string of the molecule is COc1ccc(OC)c([C@H]2SCC(=O)N(CC(=O)NCc3ccco3)c3c2c(-c2ccccc2)nn3-c2ccc(C)cc2)c1. The molecular formula is C34H32N4O5S. The van der Waals surface area contributed by atoms with E-state index in [9.17, 15) is 9.59 Å². The molecule has 0 saturated carbocycles. The Bertz CT molecular complexity index is 1770. The molecule has 2 amide bonds. The Kier molecular flexibility index (Phi) is 8.42. The van der Waals surface area contributed by atoms with Crippen LogP contribution >= 0.6 is 11.8 Å². The zero-order valence-electron chi connectivity index (χ0n) is 24.7. The summed E-state index contributed by atoms with van der Waals surface area (Å²) in [6.45, 7) is 2.04. The van der Waals surface area contributed by atoms with Crippen molar-refractivity contribution in [1.82, 2.24) is 15.1 Å². The number of carbonyl (C=O) groups is 2. The van der Waals surface area contributed by atoms with Crippen LogP contribution in [0.25, 0.3) is 16.9 Å². The number of furan rings is 1. The summed E-state index contributed by atoms with van der Waals surface area (Å²) in [7, 11) is 3.25. The standard InChI is InChI=1S/C34H32N4O5S/c1-22-11-13-24(14-12-22)38-34-31(32(36-38)23-8-5-4-6-9-23)33(27-18-25(41-2)15-16-28(27)42-3)44-21-30(40)37(34)20-29(39)35-19-26-10-7-17-43-26/h4-18,33H,19-21H2,1-3H3,(H,35,39)/t33-/m1/s1. The fraction of sp³-hybridized carbons (Fsp3) is 0.206. The van der Waals surface area contributed by atoms with Crippen molar-refractivity contribution >= 4 is 29.4 Å². The predicted octanol–water partition coefficient (Wildman–Crippen LogP) is 5.94. The second-order valence-electron chi connectivity index (χ2n) is 10.3. The van der Waals surface area contributed by atoms with Gasteiger partial charge < -0.3 is 19.2 Å². The van der Waals surface area contributed by atoms with Crippen LogP contribution in [0.3, 0.4) is 0 Å². The summed E-state index contributed by atoms with van der Waals surface area (Å²) in [5, 5.41) is 7.66. The molecule has 0 aliphatic carbocycles. The summed E-state index contributed by atoms with van der Waals surface area (Å²) >= 11 is 1.47. The zero-order valence-corrected chi connectivity index (χ0v) is 25.5. The minimum Gasteiger partial charge on any atom is -0.497 e. The monoisotopic (exact) mass is 608 g/mol. The van der Waals surface area contributed by atoms with Crippen molar-refractivity contribution < 1.29 is 23.5 Å². The van der Waals surface area contributed by atoms with Crippen LogP contribution in [0.15, 0.2) is 95.6 Å². The average molecular weight is 609 g/mol. The molecule has 1 aliphatic rings. The van der Waals surface area contributed by atoms with E-state index < -0.39 is 0 Å². The fourth-order valence-electron chi connectivity index (χ4n) is 5.28. The van der Waals surface area contributed by atoms with Gasteiger partial charge in [-0.2, -0.15) is 5.10 Å². The van der Waals surface area contributed by atoms with E-state index >= 15 is 0 Å². The molecule has 44 heavy (non-hydrogen) atoms. The number of benzene rings is 3. The van der Waals surface area contributed by atoms with Gasteiger partial charge in [-0.1, -0.05) is 48.0 Å². The molecule has 0 spiro atoms. The smallest absolute Gasteiger partial charge is 0.240 e. The molecule has 6 rings (SSSR count). The Hall–Kier alpha value is -4.96. The lowest BCUT2D eigenvalue weighted by Gasteiger charge is -2.23. The number of nitrogens with zero attached hydrogens (tertiary/aromatic N) is 3. The number of nitrogens with one attached hydrogen (secondary N) is 1. The van der Waals surface area contributed by atoms with Crippen LogP contribution in [0.4, 0.5) is 5.82 Å². The lowest BCUT2D eigenvalue weighted by molar-refractivity contribution is -0.123. The summed E-state index contributed by atoms with van der Waals surface area (Å²) < 4.78 is 18.6. The maximum absolute atomic E-state index is 14.0. The first-order chi connectivity index (χ1) is 21.5. The number of thioether (sulfide) groups is 1. The van der Waals surface area contributed by atoms with Crippen molar-refractivity contribution in [3.63, 3.8) is 0 Å². The number of methoxy groups -OCH3 is 2. The minimum absolute atomic E-state index is 0.132. The van der Waals surface area contributed by atoms with Gasteiger partial charge in [0.15, 0.2) is 0 Å². The zero-order chi connectivity index (χ0) is 30.6. The van der Waals surface area contributed by atoms with Crippen molar-refractivity contribution in [3.8, 4) is 28.4 Å². The molecule has 2 aromatic heterocycles. The molecule has 1 N–H and O–H groups in total. The molecule has 1 aliphatic heterocycles. The van der Waals surface area contributed by atoms with Gasteiger partial charge in [-0.15, -0.1) is 11.8 Å². The molecule has 224 valence electrons. The number of aromatic nitrogens is 2. The second kappa shape index (κ2) is 12.7. The largest absolute Gasteiger partial charge is 0.497 e. The fourth-order valence-corrected chi connectivity index (χ4v) is 6.50. The molecule has 3 aromatic carbocycles. The van der Waals surface area contributed by atoms with E-state index in [4.69, 9.17) is 19.0 Å². The number of amides is 2. The van der Waals surface area contributed by atoms with Crippen LogP contribution in [-0.4, -0.2) is 48.1 Å². The molecule has 3 heterocycles. The number of carbonyl (C=O) groups excluding carboxylic acids is 2. The highest BCUT2D eigenvalue weighted by Crippen LogP contribution is 2.51. The third-order valence-electron chi connectivity index (χ3n) is 7.48. The minimum atomic E-state index is -0.371. The Labute approximate surface area is 259 Å². The first kappa shape index (κ1) is 29.1. The first-order valence-corrected chi connectivity index (χ1v) is 15.2. The topological polar surface area (TPSA) is 98.8 Å². The number of fused-ring (bicyclic) bond motifs is 1. The van der Waals surface area contributed by atoms with Gasteiger partial charge >= 0.3 is 0 Å². The van der Waals surface area contributed by atoms with Crippen LogP contribution < -0.4 is 19.7 Å². The normalized spacial score (nSPS) is 14.6. The van der Waals surface area contributed by atoms with E-state index in [2.05, 4.69) is 5.32 Å². The summed E-state index contributed by atoms with van der Waals surface area (Å²) in [5.74, 6) is 2.09.